The summed E-state index contributed by atoms with van der Waals surface area (Å²) in [5.41, 5.74) is 2.24. The third kappa shape index (κ3) is 5.41. The van der Waals surface area contributed by atoms with E-state index in [0.29, 0.717) is 5.95 Å². The van der Waals surface area contributed by atoms with E-state index >= 15 is 0 Å². The van der Waals surface area contributed by atoms with E-state index in [1.54, 1.807) is 7.11 Å². The van der Waals surface area contributed by atoms with E-state index in [0.717, 1.165) is 36.8 Å². The van der Waals surface area contributed by atoms with E-state index in [1.165, 1.54) is 18.4 Å². The van der Waals surface area contributed by atoms with Crippen LogP contribution in [-0.2, 0) is 6.42 Å². The second-order valence-corrected chi connectivity index (χ2v) is 5.99. The zero-order valence-corrected chi connectivity index (χ0v) is 15.2. The van der Waals surface area contributed by atoms with E-state index in [1.807, 2.05) is 25.1 Å². The van der Waals surface area contributed by atoms with Gasteiger partial charge in [-0.25, -0.2) is 4.98 Å². The van der Waals surface area contributed by atoms with Crippen molar-refractivity contribution in [2.75, 3.05) is 37.5 Å². The number of aromatic nitrogens is 2. The predicted molar refractivity (Wildman–Crippen MR) is 100 cm³/mol. The molecular formula is C19H28N4O. The van der Waals surface area contributed by atoms with Crippen molar-refractivity contribution in [3.05, 3.63) is 41.6 Å². The third-order valence-electron chi connectivity index (χ3n) is 3.93. The average molecular weight is 328 g/mol. The number of benzene rings is 1. The molecule has 0 saturated heterocycles. The van der Waals surface area contributed by atoms with Crippen molar-refractivity contribution >= 4 is 11.8 Å². The van der Waals surface area contributed by atoms with Crippen LogP contribution in [0, 0.1) is 6.92 Å². The van der Waals surface area contributed by atoms with E-state index in [2.05, 4.69) is 46.3 Å². The van der Waals surface area contributed by atoms with Gasteiger partial charge in [0.15, 0.2) is 0 Å². The first-order valence-corrected chi connectivity index (χ1v) is 8.56. The summed E-state index contributed by atoms with van der Waals surface area (Å²) in [4.78, 5) is 11.3. The van der Waals surface area contributed by atoms with Crippen LogP contribution in [0.1, 0.15) is 31.0 Å². The van der Waals surface area contributed by atoms with Gasteiger partial charge in [-0.15, -0.1) is 0 Å². The number of nitrogens with zero attached hydrogens (tertiary/aromatic N) is 3. The summed E-state index contributed by atoms with van der Waals surface area (Å²) in [6.07, 6.45) is 3.27. The van der Waals surface area contributed by atoms with Crippen molar-refractivity contribution in [3.63, 3.8) is 0 Å². The second-order valence-electron chi connectivity index (χ2n) is 5.99. The Labute approximate surface area is 145 Å². The van der Waals surface area contributed by atoms with Gasteiger partial charge in [-0.1, -0.05) is 25.5 Å². The zero-order chi connectivity index (χ0) is 17.4. The summed E-state index contributed by atoms with van der Waals surface area (Å²) in [7, 11) is 3.76. The Morgan fingerprint density at radius 3 is 2.58 bits per heavy atom. The molecule has 0 aliphatic carbocycles. The van der Waals surface area contributed by atoms with Crippen LogP contribution >= 0.6 is 0 Å². The van der Waals surface area contributed by atoms with Crippen LogP contribution in [-0.4, -0.2) is 37.2 Å². The number of nitrogens with one attached hydrogen (secondary N) is 1. The Balaban J connectivity index is 1.92. The maximum absolute atomic E-state index is 5.18. The zero-order valence-electron chi connectivity index (χ0n) is 15.2. The molecule has 1 aromatic heterocycles. The molecule has 0 aliphatic rings. The molecular weight excluding hydrogens is 300 g/mol. The van der Waals surface area contributed by atoms with Gasteiger partial charge in [0.05, 0.1) is 7.11 Å². The summed E-state index contributed by atoms with van der Waals surface area (Å²) < 4.78 is 5.18. The van der Waals surface area contributed by atoms with Gasteiger partial charge in [0, 0.05) is 31.9 Å². The van der Waals surface area contributed by atoms with Crippen LogP contribution in [0.4, 0.5) is 11.8 Å². The summed E-state index contributed by atoms with van der Waals surface area (Å²) in [5.74, 6) is 2.55. The molecule has 24 heavy (non-hydrogen) atoms. The first-order valence-electron chi connectivity index (χ1n) is 8.56. The van der Waals surface area contributed by atoms with Gasteiger partial charge in [0.1, 0.15) is 11.6 Å². The molecule has 0 fully saturated rings. The molecule has 2 aromatic rings. The summed E-state index contributed by atoms with van der Waals surface area (Å²) in [6.45, 7) is 6.02. The fourth-order valence-electron chi connectivity index (χ4n) is 2.45. The van der Waals surface area contributed by atoms with Gasteiger partial charge in [0.25, 0.3) is 0 Å². The van der Waals surface area contributed by atoms with Crippen LogP contribution < -0.4 is 15.0 Å². The van der Waals surface area contributed by atoms with Gasteiger partial charge in [-0.05, 0) is 37.5 Å². The molecule has 0 bridgehead atoms. The fraction of sp³-hybridized carbons (Fsp3) is 0.474. The average Bonchev–Trinajstić information content (AvgIpc) is 2.59. The van der Waals surface area contributed by atoms with Crippen molar-refractivity contribution < 1.29 is 4.74 Å². The number of methoxy groups -OCH3 is 1. The van der Waals surface area contributed by atoms with E-state index in [9.17, 15) is 0 Å². The van der Waals surface area contributed by atoms with Crippen molar-refractivity contribution in [3.8, 4) is 5.75 Å². The lowest BCUT2D eigenvalue weighted by atomic mass is 10.1. The minimum atomic E-state index is 0.696. The van der Waals surface area contributed by atoms with Crippen molar-refractivity contribution in [1.29, 1.82) is 0 Å². The van der Waals surface area contributed by atoms with E-state index in [4.69, 9.17) is 4.74 Å². The second kappa shape index (κ2) is 9.11. The third-order valence-corrected chi connectivity index (χ3v) is 3.93. The van der Waals surface area contributed by atoms with Gasteiger partial charge in [0.2, 0.25) is 5.95 Å². The van der Waals surface area contributed by atoms with Gasteiger partial charge in [-0.3, -0.25) is 0 Å². The van der Waals surface area contributed by atoms with Gasteiger partial charge < -0.3 is 15.0 Å². The highest BCUT2D eigenvalue weighted by atomic mass is 16.5. The minimum Gasteiger partial charge on any atom is -0.497 e. The van der Waals surface area contributed by atoms with Crippen LogP contribution in [0.15, 0.2) is 30.3 Å². The number of rotatable bonds is 9. The van der Waals surface area contributed by atoms with Crippen molar-refractivity contribution in [2.24, 2.45) is 0 Å². The molecule has 1 N–H and O–H groups in total. The quantitative estimate of drug-likeness (QED) is 0.761. The fourth-order valence-corrected chi connectivity index (χ4v) is 2.45. The molecule has 0 aliphatic heterocycles. The molecule has 1 heterocycles. The predicted octanol–water partition coefficient (Wildman–Crippen LogP) is 3.68. The first kappa shape index (κ1) is 18.0. The Bertz CT molecular complexity index is 628. The Hall–Kier alpha value is -2.30. The SMILES string of the molecule is CCCCN(C)c1cc(C)nc(NCCc2ccc(OC)cc2)n1. The highest BCUT2D eigenvalue weighted by Gasteiger charge is 2.06. The summed E-state index contributed by atoms with van der Waals surface area (Å²) in [5, 5.41) is 3.33. The topological polar surface area (TPSA) is 50.3 Å². The Morgan fingerprint density at radius 2 is 1.92 bits per heavy atom. The van der Waals surface area contributed by atoms with Crippen LogP contribution in [0.3, 0.4) is 0 Å². The number of unbranched alkanes of at least 4 members (excludes halogenated alkanes) is 1. The molecule has 2 rings (SSSR count). The molecule has 0 amide bonds. The molecule has 0 unspecified atom stereocenters. The van der Waals surface area contributed by atoms with Gasteiger partial charge in [-0.2, -0.15) is 4.98 Å². The maximum atomic E-state index is 5.18. The number of hydrogen-bond donors (Lipinski definition) is 1. The maximum Gasteiger partial charge on any atom is 0.224 e. The Morgan fingerprint density at radius 1 is 1.17 bits per heavy atom. The summed E-state index contributed by atoms with van der Waals surface area (Å²) >= 11 is 0. The monoisotopic (exact) mass is 328 g/mol. The Kier molecular flexibility index (Phi) is 6.85. The van der Waals surface area contributed by atoms with Crippen molar-refractivity contribution in [2.45, 2.75) is 33.1 Å². The normalized spacial score (nSPS) is 10.5. The number of ether oxygens (including phenoxy) is 1. The van der Waals surface area contributed by atoms with Gasteiger partial charge >= 0.3 is 0 Å². The molecule has 0 radical (unpaired) electrons. The molecule has 130 valence electrons. The molecule has 0 spiro atoms. The first-order chi connectivity index (χ1) is 11.6. The lowest BCUT2D eigenvalue weighted by molar-refractivity contribution is 0.414. The standard InChI is InChI=1S/C19H28N4O/c1-5-6-13-23(3)18-14-15(2)21-19(22-18)20-12-11-16-7-9-17(24-4)10-8-16/h7-10,14H,5-6,11-13H2,1-4H3,(H,20,21,22). The van der Waals surface area contributed by atoms with E-state index < -0.39 is 0 Å². The number of anilines is 2. The minimum absolute atomic E-state index is 0.696. The van der Waals surface area contributed by atoms with Crippen LogP contribution in [0.25, 0.3) is 0 Å². The molecule has 1 aromatic carbocycles. The molecule has 5 heteroatoms. The smallest absolute Gasteiger partial charge is 0.224 e. The van der Waals surface area contributed by atoms with Crippen molar-refractivity contribution in [1.82, 2.24) is 9.97 Å². The van der Waals surface area contributed by atoms with E-state index in [-0.39, 0.29) is 0 Å². The molecule has 0 saturated carbocycles. The highest BCUT2D eigenvalue weighted by molar-refractivity contribution is 5.44. The van der Waals surface area contributed by atoms with Crippen LogP contribution in [0.5, 0.6) is 5.75 Å². The molecule has 0 atom stereocenters. The number of aryl methyl sites for hydroxylation is 1. The largest absolute Gasteiger partial charge is 0.497 e. The molecule has 5 nitrogen and oxygen atoms in total. The number of hydrogen-bond acceptors (Lipinski definition) is 5. The van der Waals surface area contributed by atoms with Crippen LogP contribution in [0.2, 0.25) is 0 Å². The lowest BCUT2D eigenvalue weighted by Crippen LogP contribution is -2.21. The highest BCUT2D eigenvalue weighted by Crippen LogP contribution is 2.15. The lowest BCUT2D eigenvalue weighted by Gasteiger charge is -2.19. The summed E-state index contributed by atoms with van der Waals surface area (Å²) in [6, 6.07) is 10.2.